The molecular formula is C13H22N2S. The van der Waals surface area contributed by atoms with Crippen molar-refractivity contribution in [1.82, 2.24) is 10.3 Å². The maximum Gasteiger partial charge on any atom is 0.113 e. The average Bonchev–Trinajstić information content (AvgIpc) is 2.70. The van der Waals surface area contributed by atoms with Crippen LogP contribution in [0.3, 0.4) is 0 Å². The number of nitrogens with zero attached hydrogens (tertiary/aromatic N) is 1. The molecule has 2 rings (SSSR count). The van der Waals surface area contributed by atoms with E-state index in [4.69, 9.17) is 4.98 Å². The van der Waals surface area contributed by atoms with Gasteiger partial charge in [0.1, 0.15) is 5.01 Å². The Morgan fingerprint density at radius 1 is 1.50 bits per heavy atom. The Bertz CT molecular complexity index is 361. The first-order valence-corrected chi connectivity index (χ1v) is 7.09. The molecule has 16 heavy (non-hydrogen) atoms. The van der Waals surface area contributed by atoms with Gasteiger partial charge in [-0.1, -0.05) is 26.7 Å². The van der Waals surface area contributed by atoms with Crippen LogP contribution < -0.4 is 5.32 Å². The number of thiazole rings is 1. The molecule has 0 aliphatic heterocycles. The number of rotatable bonds is 2. The molecule has 1 heterocycles. The molecule has 90 valence electrons. The molecule has 1 fully saturated rings. The largest absolute Gasteiger partial charge is 0.308 e. The van der Waals surface area contributed by atoms with E-state index in [1.807, 2.05) is 11.3 Å². The van der Waals surface area contributed by atoms with Crippen LogP contribution in [0.15, 0.2) is 5.38 Å². The lowest BCUT2D eigenvalue weighted by molar-refractivity contribution is 0.111. The highest BCUT2D eigenvalue weighted by Crippen LogP contribution is 2.44. The van der Waals surface area contributed by atoms with Gasteiger partial charge in [0, 0.05) is 11.1 Å². The zero-order chi connectivity index (χ0) is 11.8. The van der Waals surface area contributed by atoms with Crippen LogP contribution in [0.5, 0.6) is 0 Å². The van der Waals surface area contributed by atoms with Gasteiger partial charge in [0.25, 0.3) is 0 Å². The Kier molecular flexibility index (Phi) is 3.36. The minimum Gasteiger partial charge on any atom is -0.308 e. The van der Waals surface area contributed by atoms with Crippen molar-refractivity contribution in [3.8, 4) is 0 Å². The fraction of sp³-hybridized carbons (Fsp3) is 0.769. The van der Waals surface area contributed by atoms with Gasteiger partial charge in [-0.3, -0.25) is 0 Å². The summed E-state index contributed by atoms with van der Waals surface area (Å²) in [4.78, 5) is 4.72. The number of nitrogens with one attached hydrogen (secondary N) is 1. The molecular weight excluding hydrogens is 216 g/mol. The molecule has 3 atom stereocenters. The van der Waals surface area contributed by atoms with E-state index in [0.717, 1.165) is 11.6 Å². The second-order valence-corrected chi connectivity index (χ2v) is 6.03. The molecule has 0 saturated heterocycles. The van der Waals surface area contributed by atoms with Crippen molar-refractivity contribution in [2.24, 2.45) is 11.8 Å². The predicted molar refractivity (Wildman–Crippen MR) is 69.8 cm³/mol. The number of hydrogen-bond donors (Lipinski definition) is 1. The van der Waals surface area contributed by atoms with Crippen molar-refractivity contribution >= 4 is 11.3 Å². The van der Waals surface area contributed by atoms with Crippen molar-refractivity contribution < 1.29 is 0 Å². The second kappa shape index (κ2) is 4.46. The smallest absolute Gasteiger partial charge is 0.113 e. The number of aromatic nitrogens is 1. The fourth-order valence-electron chi connectivity index (χ4n) is 2.99. The predicted octanol–water partition coefficient (Wildman–Crippen LogP) is 3.32. The van der Waals surface area contributed by atoms with Crippen LogP contribution in [0.4, 0.5) is 0 Å². The lowest BCUT2D eigenvalue weighted by Crippen LogP contribution is -2.50. The van der Waals surface area contributed by atoms with Crippen molar-refractivity contribution in [3.63, 3.8) is 0 Å². The quantitative estimate of drug-likeness (QED) is 0.855. The van der Waals surface area contributed by atoms with Gasteiger partial charge < -0.3 is 5.32 Å². The van der Waals surface area contributed by atoms with Gasteiger partial charge in [0.15, 0.2) is 0 Å². The van der Waals surface area contributed by atoms with E-state index in [-0.39, 0.29) is 5.54 Å². The lowest BCUT2D eigenvalue weighted by Gasteiger charge is -2.44. The molecule has 0 bridgehead atoms. The molecule has 0 spiro atoms. The third-order valence-corrected chi connectivity index (χ3v) is 5.45. The Hall–Kier alpha value is -0.410. The molecule has 1 saturated carbocycles. The van der Waals surface area contributed by atoms with Crippen molar-refractivity contribution in [3.05, 3.63) is 16.1 Å². The molecule has 1 aliphatic carbocycles. The normalized spacial score (nSPS) is 35.2. The fourth-order valence-corrected chi connectivity index (χ4v) is 4.12. The zero-order valence-electron chi connectivity index (χ0n) is 10.7. The molecule has 0 amide bonds. The van der Waals surface area contributed by atoms with Gasteiger partial charge in [-0.15, -0.1) is 11.3 Å². The van der Waals surface area contributed by atoms with E-state index in [9.17, 15) is 0 Å². The first-order chi connectivity index (χ1) is 7.60. The number of hydrogen-bond acceptors (Lipinski definition) is 3. The standard InChI is InChI=1S/C13H22N2S/c1-9-6-5-7-13(14-4,11(9)3)12-15-10(2)8-16-12/h8-9,11,14H,5-7H2,1-4H3. The molecule has 3 unspecified atom stereocenters. The Balaban J connectivity index is 2.37. The van der Waals surface area contributed by atoms with Gasteiger partial charge in [-0.25, -0.2) is 4.98 Å². The summed E-state index contributed by atoms with van der Waals surface area (Å²) in [5, 5.41) is 7.03. The van der Waals surface area contributed by atoms with Gasteiger partial charge in [-0.05, 0) is 32.2 Å². The molecule has 1 aromatic heterocycles. The van der Waals surface area contributed by atoms with Crippen molar-refractivity contribution in [2.45, 2.75) is 45.6 Å². The Morgan fingerprint density at radius 2 is 2.25 bits per heavy atom. The van der Waals surface area contributed by atoms with Crippen LogP contribution in [0.25, 0.3) is 0 Å². The van der Waals surface area contributed by atoms with E-state index >= 15 is 0 Å². The van der Waals surface area contributed by atoms with E-state index < -0.39 is 0 Å². The molecule has 1 N–H and O–H groups in total. The second-order valence-electron chi connectivity index (χ2n) is 5.17. The van der Waals surface area contributed by atoms with E-state index in [2.05, 4.69) is 38.5 Å². The van der Waals surface area contributed by atoms with E-state index in [0.29, 0.717) is 5.92 Å². The van der Waals surface area contributed by atoms with E-state index in [1.54, 1.807) is 0 Å². The number of aryl methyl sites for hydroxylation is 1. The molecule has 0 aromatic carbocycles. The third-order valence-electron chi connectivity index (χ3n) is 4.31. The van der Waals surface area contributed by atoms with Gasteiger partial charge in [-0.2, -0.15) is 0 Å². The average molecular weight is 238 g/mol. The highest BCUT2D eigenvalue weighted by Gasteiger charge is 2.43. The van der Waals surface area contributed by atoms with Crippen LogP contribution in [0.2, 0.25) is 0 Å². The molecule has 3 heteroatoms. The highest BCUT2D eigenvalue weighted by molar-refractivity contribution is 7.09. The summed E-state index contributed by atoms with van der Waals surface area (Å²) in [5.41, 5.74) is 1.27. The summed E-state index contributed by atoms with van der Waals surface area (Å²) >= 11 is 1.81. The van der Waals surface area contributed by atoms with Gasteiger partial charge in [0.05, 0.1) is 5.54 Å². The summed E-state index contributed by atoms with van der Waals surface area (Å²) in [6.45, 7) is 6.83. The summed E-state index contributed by atoms with van der Waals surface area (Å²) in [6.07, 6.45) is 3.89. The van der Waals surface area contributed by atoms with Crippen LogP contribution in [0, 0.1) is 18.8 Å². The maximum absolute atomic E-state index is 4.72. The molecule has 0 radical (unpaired) electrons. The Morgan fingerprint density at radius 3 is 2.81 bits per heavy atom. The summed E-state index contributed by atoms with van der Waals surface area (Å²) in [7, 11) is 2.09. The first-order valence-electron chi connectivity index (χ1n) is 6.21. The molecule has 2 nitrogen and oxygen atoms in total. The van der Waals surface area contributed by atoms with Crippen molar-refractivity contribution in [1.29, 1.82) is 0 Å². The monoisotopic (exact) mass is 238 g/mol. The Labute approximate surface area is 102 Å². The SMILES string of the molecule is CNC1(c2nc(C)cs2)CCCC(C)C1C. The maximum atomic E-state index is 4.72. The first kappa shape index (κ1) is 12.1. The van der Waals surface area contributed by atoms with Crippen LogP contribution in [0.1, 0.15) is 43.8 Å². The molecule has 1 aromatic rings. The summed E-state index contributed by atoms with van der Waals surface area (Å²) in [5.74, 6) is 1.45. The minimum absolute atomic E-state index is 0.122. The summed E-state index contributed by atoms with van der Waals surface area (Å²) < 4.78 is 0. The molecule has 1 aliphatic rings. The highest BCUT2D eigenvalue weighted by atomic mass is 32.1. The third kappa shape index (κ3) is 1.80. The van der Waals surface area contributed by atoms with E-state index in [1.165, 1.54) is 24.3 Å². The summed E-state index contributed by atoms with van der Waals surface area (Å²) in [6, 6.07) is 0. The zero-order valence-corrected chi connectivity index (χ0v) is 11.5. The van der Waals surface area contributed by atoms with Crippen LogP contribution in [-0.2, 0) is 5.54 Å². The van der Waals surface area contributed by atoms with Crippen LogP contribution >= 0.6 is 11.3 Å². The van der Waals surface area contributed by atoms with Gasteiger partial charge >= 0.3 is 0 Å². The van der Waals surface area contributed by atoms with Crippen LogP contribution in [-0.4, -0.2) is 12.0 Å². The minimum atomic E-state index is 0.122. The van der Waals surface area contributed by atoms with Gasteiger partial charge in [0.2, 0.25) is 0 Å². The topological polar surface area (TPSA) is 24.9 Å². The lowest BCUT2D eigenvalue weighted by atomic mass is 9.68. The van der Waals surface area contributed by atoms with Crippen molar-refractivity contribution in [2.75, 3.05) is 7.05 Å².